The minimum Gasteiger partial charge on any atom is -0.345 e. The molecule has 10 nitrogen and oxygen atoms in total. The highest BCUT2D eigenvalue weighted by atomic mass is 35.5. The number of amides is 2. The average molecular weight is 605 g/mol. The standard InChI is InChI=1S/C32H41ClN8O2/c1-20(2)21-10-14-32(15-11-21)36-28(24-16-25(33)18-34-17-24)30(43)41(32)26(12-13-31(3,4)5)22-6-8-23(9-7-22)29(42)35-19-27-37-39-40-38-27/h6-9,16-18,20-21,26H,10-15,19H2,1-5H3,(H,35,42)(H,37,38,39,40)/t21?,26-,32?/m1/s1. The quantitative estimate of drug-likeness (QED) is 0.312. The molecule has 1 aromatic carbocycles. The molecule has 43 heavy (non-hydrogen) atoms. The lowest BCUT2D eigenvalue weighted by atomic mass is 9.75. The largest absolute Gasteiger partial charge is 0.345 e. The Morgan fingerprint density at radius 3 is 2.49 bits per heavy atom. The van der Waals surface area contributed by atoms with Crippen molar-refractivity contribution in [2.45, 2.75) is 91.4 Å². The molecule has 11 heteroatoms. The minimum atomic E-state index is -0.636. The molecule has 1 aliphatic heterocycles. The number of aliphatic imine (C=N–C) groups is 1. The SMILES string of the molecule is CC(C)C1CCC2(CC1)N=C(c1cncc(Cl)c1)C(=O)N2[C@H](CCC(C)(C)C)c1ccc(C(=O)NCc2nn[nH]n2)cc1. The Labute approximate surface area is 258 Å². The summed E-state index contributed by atoms with van der Waals surface area (Å²) in [7, 11) is 0. The van der Waals surface area contributed by atoms with Crippen molar-refractivity contribution >= 4 is 29.1 Å². The summed E-state index contributed by atoms with van der Waals surface area (Å²) in [6.45, 7) is 11.4. The predicted octanol–water partition coefficient (Wildman–Crippen LogP) is 5.92. The third kappa shape index (κ3) is 6.95. The van der Waals surface area contributed by atoms with Gasteiger partial charge in [-0.3, -0.25) is 19.6 Å². The fourth-order valence-corrected chi connectivity index (χ4v) is 6.46. The number of hydrogen-bond donors (Lipinski definition) is 2. The second-order valence-electron chi connectivity index (χ2n) is 13.3. The van der Waals surface area contributed by atoms with Crippen molar-refractivity contribution in [2.24, 2.45) is 22.2 Å². The first-order valence-corrected chi connectivity index (χ1v) is 15.5. The number of H-pyrrole nitrogens is 1. The van der Waals surface area contributed by atoms with Gasteiger partial charge < -0.3 is 10.2 Å². The number of pyridine rings is 1. The van der Waals surface area contributed by atoms with E-state index in [4.69, 9.17) is 16.6 Å². The first-order chi connectivity index (χ1) is 20.5. The lowest BCUT2D eigenvalue weighted by molar-refractivity contribution is -0.133. The molecule has 0 radical (unpaired) electrons. The van der Waals surface area contributed by atoms with E-state index < -0.39 is 5.66 Å². The number of aromatic amines is 1. The number of halogens is 1. The first-order valence-electron chi connectivity index (χ1n) is 15.1. The summed E-state index contributed by atoms with van der Waals surface area (Å²) in [6.07, 6.45) is 8.56. The molecule has 3 aromatic rings. The maximum atomic E-state index is 14.5. The number of benzene rings is 1. The fraction of sp³-hybridized carbons (Fsp3) is 0.531. The molecule has 1 aliphatic carbocycles. The van der Waals surface area contributed by atoms with Crippen LogP contribution in [0.4, 0.5) is 0 Å². The van der Waals surface area contributed by atoms with E-state index in [9.17, 15) is 9.59 Å². The molecule has 1 atom stereocenters. The summed E-state index contributed by atoms with van der Waals surface area (Å²) >= 11 is 6.30. The number of rotatable bonds is 9. The van der Waals surface area contributed by atoms with Crippen LogP contribution in [0.15, 0.2) is 47.7 Å². The summed E-state index contributed by atoms with van der Waals surface area (Å²) in [5.74, 6) is 1.27. The van der Waals surface area contributed by atoms with Gasteiger partial charge in [-0.15, -0.1) is 10.2 Å². The third-order valence-electron chi connectivity index (χ3n) is 8.78. The van der Waals surface area contributed by atoms with Gasteiger partial charge in [0, 0.05) is 23.5 Å². The van der Waals surface area contributed by atoms with Crippen molar-refractivity contribution in [3.05, 3.63) is 70.3 Å². The van der Waals surface area contributed by atoms with Crippen molar-refractivity contribution < 1.29 is 9.59 Å². The van der Waals surface area contributed by atoms with E-state index in [1.807, 2.05) is 24.3 Å². The average Bonchev–Trinajstić information content (AvgIpc) is 3.59. The van der Waals surface area contributed by atoms with Crippen molar-refractivity contribution in [1.29, 1.82) is 0 Å². The molecule has 3 heterocycles. The molecule has 1 saturated carbocycles. The number of nitrogens with zero attached hydrogens (tertiary/aromatic N) is 6. The number of aromatic nitrogens is 5. The third-order valence-corrected chi connectivity index (χ3v) is 8.98. The van der Waals surface area contributed by atoms with Crippen LogP contribution in [0.2, 0.25) is 5.02 Å². The van der Waals surface area contributed by atoms with Crippen LogP contribution in [-0.2, 0) is 11.3 Å². The Hall–Kier alpha value is -3.66. The summed E-state index contributed by atoms with van der Waals surface area (Å²) in [6, 6.07) is 9.13. The van der Waals surface area contributed by atoms with Crippen LogP contribution in [-0.4, -0.2) is 53.7 Å². The van der Waals surface area contributed by atoms with Gasteiger partial charge >= 0.3 is 0 Å². The molecule has 2 aromatic heterocycles. The summed E-state index contributed by atoms with van der Waals surface area (Å²) < 4.78 is 0. The van der Waals surface area contributed by atoms with Gasteiger partial charge in [-0.25, -0.2) is 0 Å². The highest BCUT2D eigenvalue weighted by Crippen LogP contribution is 2.48. The maximum Gasteiger partial charge on any atom is 0.275 e. The van der Waals surface area contributed by atoms with Crippen LogP contribution in [0.1, 0.15) is 106 Å². The van der Waals surface area contributed by atoms with E-state index in [1.165, 1.54) is 0 Å². The molecular weight excluding hydrogens is 564 g/mol. The molecule has 0 saturated heterocycles. The van der Waals surface area contributed by atoms with Gasteiger partial charge in [0.2, 0.25) is 0 Å². The van der Waals surface area contributed by atoms with E-state index in [0.29, 0.717) is 39.5 Å². The Morgan fingerprint density at radius 1 is 1.16 bits per heavy atom. The van der Waals surface area contributed by atoms with Gasteiger partial charge in [0.1, 0.15) is 11.4 Å². The molecule has 228 valence electrons. The van der Waals surface area contributed by atoms with Crippen LogP contribution in [0.5, 0.6) is 0 Å². The Kier molecular flexibility index (Phi) is 8.96. The summed E-state index contributed by atoms with van der Waals surface area (Å²) in [5.41, 5.74) is 2.01. The Bertz CT molecular complexity index is 1460. The van der Waals surface area contributed by atoms with Crippen LogP contribution >= 0.6 is 11.6 Å². The van der Waals surface area contributed by atoms with Crippen molar-refractivity contribution in [1.82, 2.24) is 35.8 Å². The van der Waals surface area contributed by atoms with Crippen LogP contribution in [0, 0.1) is 17.3 Å². The molecule has 0 bridgehead atoms. The van der Waals surface area contributed by atoms with Gasteiger partial charge in [0.05, 0.1) is 17.6 Å². The molecule has 1 fully saturated rings. The van der Waals surface area contributed by atoms with E-state index in [2.05, 4.69) is 70.4 Å². The highest BCUT2D eigenvalue weighted by Gasteiger charge is 2.52. The van der Waals surface area contributed by atoms with Gasteiger partial charge in [0.25, 0.3) is 11.8 Å². The molecule has 1 spiro atoms. The normalized spacial score (nSPS) is 21.4. The predicted molar refractivity (Wildman–Crippen MR) is 165 cm³/mol. The van der Waals surface area contributed by atoms with E-state index in [-0.39, 0.29) is 29.8 Å². The number of nitrogens with one attached hydrogen (secondary N) is 2. The van der Waals surface area contributed by atoms with Crippen molar-refractivity contribution in [3.8, 4) is 0 Å². The zero-order valence-electron chi connectivity index (χ0n) is 25.6. The lowest BCUT2D eigenvalue weighted by Crippen LogP contribution is -2.51. The second-order valence-corrected chi connectivity index (χ2v) is 13.8. The molecule has 2 N–H and O–H groups in total. The number of carbonyl (C=O) groups is 2. The summed E-state index contributed by atoms with van der Waals surface area (Å²) in [5, 5.41) is 17.0. The zero-order chi connectivity index (χ0) is 30.8. The van der Waals surface area contributed by atoms with Crippen molar-refractivity contribution in [3.63, 3.8) is 0 Å². The molecule has 5 rings (SSSR count). The van der Waals surface area contributed by atoms with E-state index in [1.54, 1.807) is 18.5 Å². The monoisotopic (exact) mass is 604 g/mol. The topological polar surface area (TPSA) is 129 Å². The maximum absolute atomic E-state index is 14.5. The molecule has 2 aliphatic rings. The first kappa shape index (κ1) is 30.8. The van der Waals surface area contributed by atoms with Gasteiger partial charge in [-0.1, -0.05) is 63.6 Å². The Morgan fingerprint density at radius 2 is 1.88 bits per heavy atom. The van der Waals surface area contributed by atoms with Gasteiger partial charge in [-0.2, -0.15) is 5.21 Å². The highest BCUT2D eigenvalue weighted by molar-refractivity contribution is 6.47. The molecule has 2 amide bonds. The van der Waals surface area contributed by atoms with E-state index in [0.717, 1.165) is 44.1 Å². The number of carbonyl (C=O) groups excluding carboxylic acids is 2. The minimum absolute atomic E-state index is 0.0685. The van der Waals surface area contributed by atoms with Gasteiger partial charge in [-0.05, 0) is 79.5 Å². The summed E-state index contributed by atoms with van der Waals surface area (Å²) in [4.78, 5) is 38.9. The Balaban J connectivity index is 1.48. The van der Waals surface area contributed by atoms with Crippen LogP contribution in [0.25, 0.3) is 0 Å². The lowest BCUT2D eigenvalue weighted by Gasteiger charge is -2.46. The van der Waals surface area contributed by atoms with E-state index >= 15 is 0 Å². The van der Waals surface area contributed by atoms with Crippen LogP contribution < -0.4 is 5.32 Å². The molecular formula is C32H41ClN8O2. The fourth-order valence-electron chi connectivity index (χ4n) is 6.29. The number of tetrazole rings is 1. The molecule has 0 unspecified atom stereocenters. The smallest absolute Gasteiger partial charge is 0.275 e. The van der Waals surface area contributed by atoms with Gasteiger partial charge in [0.15, 0.2) is 5.82 Å². The van der Waals surface area contributed by atoms with Crippen LogP contribution in [0.3, 0.4) is 0 Å². The second kappa shape index (κ2) is 12.5. The van der Waals surface area contributed by atoms with Crippen molar-refractivity contribution in [2.75, 3.05) is 0 Å². The zero-order valence-corrected chi connectivity index (χ0v) is 26.4. The number of hydrogen-bond acceptors (Lipinski definition) is 7.